The summed E-state index contributed by atoms with van der Waals surface area (Å²) in [6.45, 7) is 0. The van der Waals surface area contributed by atoms with Crippen LogP contribution in [0.5, 0.6) is 0 Å². The molecule has 2 nitrogen and oxygen atoms in total. The molecule has 0 radical (unpaired) electrons. The smallest absolute Gasteiger partial charge is 0.307 e. The highest BCUT2D eigenvalue weighted by Crippen LogP contribution is 2.63. The van der Waals surface area contributed by atoms with E-state index in [1.165, 1.54) is 5.56 Å². The maximum absolute atomic E-state index is 11.3. The fourth-order valence-electron chi connectivity index (χ4n) is 3.55. The highest BCUT2D eigenvalue weighted by atomic mass is 79.9. The lowest BCUT2D eigenvalue weighted by atomic mass is 9.62. The zero-order chi connectivity index (χ0) is 11.3. The van der Waals surface area contributed by atoms with E-state index in [-0.39, 0.29) is 11.3 Å². The van der Waals surface area contributed by atoms with E-state index in [1.807, 2.05) is 12.1 Å². The van der Waals surface area contributed by atoms with E-state index in [0.29, 0.717) is 5.92 Å². The van der Waals surface area contributed by atoms with E-state index >= 15 is 0 Å². The summed E-state index contributed by atoms with van der Waals surface area (Å²) in [6, 6.07) is 8.14. The van der Waals surface area contributed by atoms with Crippen LogP contribution in [0.15, 0.2) is 28.7 Å². The molecule has 0 amide bonds. The van der Waals surface area contributed by atoms with Gasteiger partial charge >= 0.3 is 5.97 Å². The summed E-state index contributed by atoms with van der Waals surface area (Å²) < 4.78 is 1.04. The van der Waals surface area contributed by atoms with Crippen LogP contribution in [0.25, 0.3) is 0 Å². The minimum atomic E-state index is -0.625. The van der Waals surface area contributed by atoms with E-state index in [0.717, 1.165) is 23.7 Å². The second-order valence-electron chi connectivity index (χ2n) is 5.07. The molecule has 3 aliphatic carbocycles. The van der Waals surface area contributed by atoms with E-state index in [9.17, 15) is 9.90 Å². The Morgan fingerprint density at radius 1 is 1.44 bits per heavy atom. The average Bonchev–Trinajstić information content (AvgIpc) is 2.71. The Labute approximate surface area is 103 Å². The van der Waals surface area contributed by atoms with Crippen molar-refractivity contribution in [3.8, 4) is 0 Å². The highest BCUT2D eigenvalue weighted by molar-refractivity contribution is 9.10. The number of benzene rings is 1. The molecule has 0 aliphatic heterocycles. The Morgan fingerprint density at radius 2 is 2.19 bits per heavy atom. The molecule has 1 aromatic rings. The predicted molar refractivity (Wildman–Crippen MR) is 64.3 cm³/mol. The van der Waals surface area contributed by atoms with Crippen LogP contribution >= 0.6 is 15.9 Å². The quantitative estimate of drug-likeness (QED) is 0.903. The van der Waals surface area contributed by atoms with Crippen molar-refractivity contribution in [1.82, 2.24) is 0 Å². The molecule has 1 atom stereocenters. The SMILES string of the molecule is O=C(O)C1CC2CC1(c1cccc(Br)c1)C2. The highest BCUT2D eigenvalue weighted by Gasteiger charge is 2.60. The van der Waals surface area contributed by atoms with E-state index in [1.54, 1.807) is 0 Å². The molecule has 16 heavy (non-hydrogen) atoms. The predicted octanol–water partition coefficient (Wildman–Crippen LogP) is 3.20. The standard InChI is InChI=1S/C13H13BrO2/c14-10-3-1-2-9(5-10)13-6-8(7-13)4-11(13)12(15)16/h1-3,5,8,11H,4,6-7H2,(H,15,16). The third-order valence-electron chi connectivity index (χ3n) is 4.24. The van der Waals surface area contributed by atoms with Gasteiger partial charge in [-0.3, -0.25) is 4.79 Å². The topological polar surface area (TPSA) is 37.3 Å². The molecule has 3 aliphatic rings. The van der Waals surface area contributed by atoms with Crippen molar-refractivity contribution >= 4 is 21.9 Å². The molecular weight excluding hydrogens is 268 g/mol. The summed E-state index contributed by atoms with van der Waals surface area (Å²) >= 11 is 3.46. The maximum Gasteiger partial charge on any atom is 0.307 e. The van der Waals surface area contributed by atoms with Crippen LogP contribution in [0.4, 0.5) is 0 Å². The zero-order valence-electron chi connectivity index (χ0n) is 8.82. The van der Waals surface area contributed by atoms with Gasteiger partial charge in [0.05, 0.1) is 5.92 Å². The molecule has 3 heteroatoms. The van der Waals surface area contributed by atoms with Gasteiger partial charge in [0.1, 0.15) is 0 Å². The molecular formula is C13H13BrO2. The van der Waals surface area contributed by atoms with E-state index in [4.69, 9.17) is 0 Å². The van der Waals surface area contributed by atoms with Gasteiger partial charge in [0.25, 0.3) is 0 Å². The molecule has 3 fully saturated rings. The van der Waals surface area contributed by atoms with Gasteiger partial charge in [-0.25, -0.2) is 0 Å². The molecule has 1 N–H and O–H groups in total. The number of aliphatic carboxylic acids is 1. The molecule has 2 bridgehead atoms. The first-order chi connectivity index (χ1) is 7.62. The lowest BCUT2D eigenvalue weighted by molar-refractivity contribution is -0.143. The molecule has 0 heterocycles. The summed E-state index contributed by atoms with van der Waals surface area (Å²) in [5, 5.41) is 9.29. The molecule has 1 aromatic carbocycles. The first kappa shape index (κ1) is 10.3. The fraction of sp³-hybridized carbons (Fsp3) is 0.462. The van der Waals surface area contributed by atoms with Crippen molar-refractivity contribution in [3.63, 3.8) is 0 Å². The number of carbonyl (C=O) groups is 1. The third-order valence-corrected chi connectivity index (χ3v) is 4.73. The largest absolute Gasteiger partial charge is 0.481 e. The Bertz CT molecular complexity index is 449. The molecule has 0 aromatic heterocycles. The van der Waals surface area contributed by atoms with Gasteiger partial charge in [-0.15, -0.1) is 0 Å². The summed E-state index contributed by atoms with van der Waals surface area (Å²) in [7, 11) is 0. The van der Waals surface area contributed by atoms with Gasteiger partial charge in [-0.2, -0.15) is 0 Å². The average molecular weight is 281 g/mol. The first-order valence-corrected chi connectivity index (χ1v) is 6.40. The van der Waals surface area contributed by atoms with Gasteiger partial charge in [0.15, 0.2) is 0 Å². The number of rotatable bonds is 2. The van der Waals surface area contributed by atoms with E-state index < -0.39 is 5.97 Å². The van der Waals surface area contributed by atoms with E-state index in [2.05, 4.69) is 28.1 Å². The first-order valence-electron chi connectivity index (χ1n) is 5.61. The van der Waals surface area contributed by atoms with Crippen LogP contribution in [0, 0.1) is 11.8 Å². The number of carboxylic acid groups (broad SMARTS) is 1. The van der Waals surface area contributed by atoms with Crippen molar-refractivity contribution in [2.24, 2.45) is 11.8 Å². The number of carboxylic acids is 1. The van der Waals surface area contributed by atoms with Gasteiger partial charge in [0.2, 0.25) is 0 Å². The minimum Gasteiger partial charge on any atom is -0.481 e. The molecule has 3 saturated carbocycles. The summed E-state index contributed by atoms with van der Waals surface area (Å²) in [4.78, 5) is 11.3. The van der Waals surface area contributed by atoms with Crippen LogP contribution in [0.1, 0.15) is 24.8 Å². The monoisotopic (exact) mass is 280 g/mol. The number of halogens is 1. The Morgan fingerprint density at radius 3 is 2.81 bits per heavy atom. The van der Waals surface area contributed by atoms with Crippen molar-refractivity contribution < 1.29 is 9.90 Å². The number of hydrogen-bond acceptors (Lipinski definition) is 1. The van der Waals surface area contributed by atoms with Crippen LogP contribution in [0.3, 0.4) is 0 Å². The normalized spacial score (nSPS) is 35.8. The summed E-state index contributed by atoms with van der Waals surface area (Å²) in [6.07, 6.45) is 2.97. The fourth-order valence-corrected chi connectivity index (χ4v) is 3.95. The molecule has 4 rings (SSSR count). The Kier molecular flexibility index (Phi) is 2.15. The van der Waals surface area contributed by atoms with Crippen LogP contribution in [-0.2, 0) is 10.2 Å². The lowest BCUT2D eigenvalue weighted by Gasteiger charge is -2.41. The van der Waals surface area contributed by atoms with Gasteiger partial charge in [-0.1, -0.05) is 28.1 Å². The molecule has 1 unspecified atom stereocenters. The van der Waals surface area contributed by atoms with Crippen molar-refractivity contribution in [3.05, 3.63) is 34.3 Å². The third kappa shape index (κ3) is 1.27. The van der Waals surface area contributed by atoms with Gasteiger partial charge in [-0.05, 0) is 42.9 Å². The van der Waals surface area contributed by atoms with Crippen molar-refractivity contribution in [1.29, 1.82) is 0 Å². The van der Waals surface area contributed by atoms with Crippen LogP contribution in [-0.4, -0.2) is 11.1 Å². The van der Waals surface area contributed by atoms with Crippen molar-refractivity contribution in [2.45, 2.75) is 24.7 Å². The summed E-state index contributed by atoms with van der Waals surface area (Å²) in [5.41, 5.74) is 1.13. The van der Waals surface area contributed by atoms with Crippen LogP contribution in [0.2, 0.25) is 0 Å². The maximum atomic E-state index is 11.3. The molecule has 0 spiro atoms. The van der Waals surface area contributed by atoms with Gasteiger partial charge < -0.3 is 5.11 Å². The zero-order valence-corrected chi connectivity index (χ0v) is 10.4. The minimum absolute atomic E-state index is 0.0692. The van der Waals surface area contributed by atoms with Gasteiger partial charge in [0, 0.05) is 9.89 Å². The van der Waals surface area contributed by atoms with Crippen molar-refractivity contribution in [2.75, 3.05) is 0 Å². The molecule has 84 valence electrons. The molecule has 0 saturated heterocycles. The second kappa shape index (κ2) is 3.33. The second-order valence-corrected chi connectivity index (χ2v) is 5.98. The Balaban J connectivity index is 2.03. The Hall–Kier alpha value is -0.830. The van der Waals surface area contributed by atoms with Crippen LogP contribution < -0.4 is 0 Å². The number of fused-ring (bicyclic) bond motifs is 1. The summed E-state index contributed by atoms with van der Waals surface area (Å²) in [5.74, 6) is -0.160. The number of hydrogen-bond donors (Lipinski definition) is 1. The lowest BCUT2D eigenvalue weighted by Crippen LogP contribution is -2.39.